The Morgan fingerprint density at radius 2 is 1.90 bits per heavy atom. The molecule has 1 N–H and O–H groups in total. The average Bonchev–Trinajstić information content (AvgIpc) is 3.23. The first kappa shape index (κ1) is 13.9. The van der Waals surface area contributed by atoms with Crippen LogP contribution in [-0.4, -0.2) is 34.5 Å². The summed E-state index contributed by atoms with van der Waals surface area (Å²) in [5.41, 5.74) is 0. The fourth-order valence-corrected chi connectivity index (χ4v) is 4.19. The molecule has 3 aliphatic rings. The molecule has 4 unspecified atom stereocenters. The monoisotopic (exact) mass is 279 g/mol. The minimum atomic E-state index is -0.749. The van der Waals surface area contributed by atoms with E-state index >= 15 is 0 Å². The molecule has 1 heterocycles. The Kier molecular flexibility index (Phi) is 3.99. The standard InChI is InChI=1S/C16H25NO3/c18-15(19)7-6-14-3-1-2-8-17(14)16(20)12-5-4-11-9-13(11)10-12/h11-14H,1-10H2,(H,18,19). The first-order chi connectivity index (χ1) is 9.65. The molecule has 0 bridgehead atoms. The molecule has 4 nitrogen and oxygen atoms in total. The first-order valence-electron chi connectivity index (χ1n) is 8.17. The third-order valence-corrected chi connectivity index (χ3v) is 5.49. The molecule has 0 spiro atoms. The van der Waals surface area contributed by atoms with Gasteiger partial charge in [-0.2, -0.15) is 0 Å². The molecule has 0 aromatic rings. The molecule has 1 saturated heterocycles. The molecule has 4 heteroatoms. The van der Waals surface area contributed by atoms with E-state index in [4.69, 9.17) is 5.11 Å². The van der Waals surface area contributed by atoms with Crippen molar-refractivity contribution in [2.75, 3.05) is 6.54 Å². The number of hydrogen-bond acceptors (Lipinski definition) is 2. The van der Waals surface area contributed by atoms with Crippen molar-refractivity contribution in [1.82, 2.24) is 4.90 Å². The van der Waals surface area contributed by atoms with Crippen LogP contribution >= 0.6 is 0 Å². The number of carboxylic acid groups (broad SMARTS) is 1. The number of carboxylic acids is 1. The first-order valence-corrected chi connectivity index (χ1v) is 8.17. The molecule has 1 aliphatic heterocycles. The van der Waals surface area contributed by atoms with Gasteiger partial charge in [-0.3, -0.25) is 9.59 Å². The highest BCUT2D eigenvalue weighted by molar-refractivity contribution is 5.79. The fourth-order valence-electron chi connectivity index (χ4n) is 4.19. The van der Waals surface area contributed by atoms with Gasteiger partial charge in [0.05, 0.1) is 0 Å². The molecular formula is C16H25NO3. The van der Waals surface area contributed by atoms with E-state index in [2.05, 4.69) is 0 Å². The van der Waals surface area contributed by atoms with Gasteiger partial charge >= 0.3 is 5.97 Å². The van der Waals surface area contributed by atoms with E-state index in [-0.39, 0.29) is 18.4 Å². The Morgan fingerprint density at radius 1 is 1.05 bits per heavy atom. The molecule has 2 saturated carbocycles. The maximum atomic E-state index is 12.8. The SMILES string of the molecule is O=C(O)CCC1CCCCN1C(=O)C1CCC2CC2C1. The van der Waals surface area contributed by atoms with Gasteiger partial charge in [-0.1, -0.05) is 0 Å². The summed E-state index contributed by atoms with van der Waals surface area (Å²) in [5, 5.41) is 8.85. The zero-order valence-corrected chi connectivity index (χ0v) is 12.1. The molecule has 3 fully saturated rings. The molecule has 0 aromatic heterocycles. The van der Waals surface area contributed by atoms with Gasteiger partial charge in [0.25, 0.3) is 0 Å². The van der Waals surface area contributed by atoms with Crippen molar-refractivity contribution in [1.29, 1.82) is 0 Å². The second-order valence-corrected chi connectivity index (χ2v) is 6.88. The van der Waals surface area contributed by atoms with E-state index in [1.807, 2.05) is 4.90 Å². The highest BCUT2D eigenvalue weighted by Gasteiger charge is 2.45. The lowest BCUT2D eigenvalue weighted by Gasteiger charge is -2.38. The number of amides is 1. The number of piperidine rings is 1. The Hall–Kier alpha value is -1.06. The van der Waals surface area contributed by atoms with Gasteiger partial charge in [-0.05, 0) is 63.2 Å². The van der Waals surface area contributed by atoms with Crippen molar-refractivity contribution in [3.63, 3.8) is 0 Å². The van der Waals surface area contributed by atoms with Crippen LogP contribution in [-0.2, 0) is 9.59 Å². The van der Waals surface area contributed by atoms with Gasteiger partial charge < -0.3 is 10.0 Å². The van der Waals surface area contributed by atoms with Crippen LogP contribution in [0.25, 0.3) is 0 Å². The van der Waals surface area contributed by atoms with Crippen molar-refractivity contribution in [3.05, 3.63) is 0 Å². The minimum Gasteiger partial charge on any atom is -0.481 e. The van der Waals surface area contributed by atoms with Crippen LogP contribution in [0.2, 0.25) is 0 Å². The Balaban J connectivity index is 1.59. The number of nitrogens with zero attached hydrogens (tertiary/aromatic N) is 1. The summed E-state index contributed by atoms with van der Waals surface area (Å²) in [6.07, 6.45) is 8.72. The van der Waals surface area contributed by atoms with E-state index in [0.29, 0.717) is 12.3 Å². The topological polar surface area (TPSA) is 57.6 Å². The molecule has 4 atom stereocenters. The lowest BCUT2D eigenvalue weighted by molar-refractivity contribution is -0.143. The molecule has 1 amide bonds. The number of hydrogen-bond donors (Lipinski definition) is 1. The van der Waals surface area contributed by atoms with Crippen LogP contribution in [0.1, 0.15) is 57.8 Å². The Bertz CT molecular complexity index is 395. The number of aliphatic carboxylic acids is 1. The predicted molar refractivity (Wildman–Crippen MR) is 75.2 cm³/mol. The van der Waals surface area contributed by atoms with Crippen LogP contribution in [0.3, 0.4) is 0 Å². The molecule has 0 radical (unpaired) electrons. The summed E-state index contributed by atoms with van der Waals surface area (Å²) in [6.45, 7) is 0.841. The summed E-state index contributed by atoms with van der Waals surface area (Å²) in [7, 11) is 0. The largest absolute Gasteiger partial charge is 0.481 e. The number of carbonyl (C=O) groups excluding carboxylic acids is 1. The number of rotatable bonds is 4. The molecule has 20 heavy (non-hydrogen) atoms. The third kappa shape index (κ3) is 2.99. The summed E-state index contributed by atoms with van der Waals surface area (Å²) < 4.78 is 0. The fraction of sp³-hybridized carbons (Fsp3) is 0.875. The van der Waals surface area contributed by atoms with Crippen LogP contribution in [0, 0.1) is 17.8 Å². The summed E-state index contributed by atoms with van der Waals surface area (Å²) in [4.78, 5) is 25.5. The summed E-state index contributed by atoms with van der Waals surface area (Å²) in [5.74, 6) is 1.54. The Labute approximate surface area is 120 Å². The van der Waals surface area contributed by atoms with Crippen LogP contribution in [0.5, 0.6) is 0 Å². The lowest BCUT2D eigenvalue weighted by Crippen LogP contribution is -2.47. The van der Waals surface area contributed by atoms with Gasteiger partial charge in [-0.15, -0.1) is 0 Å². The van der Waals surface area contributed by atoms with Crippen molar-refractivity contribution in [3.8, 4) is 0 Å². The summed E-state index contributed by atoms with van der Waals surface area (Å²) >= 11 is 0. The zero-order valence-electron chi connectivity index (χ0n) is 12.1. The van der Waals surface area contributed by atoms with E-state index in [9.17, 15) is 9.59 Å². The van der Waals surface area contributed by atoms with Gasteiger partial charge in [0.2, 0.25) is 5.91 Å². The predicted octanol–water partition coefficient (Wildman–Crippen LogP) is 2.67. The molecule has 3 rings (SSSR count). The lowest BCUT2D eigenvalue weighted by atomic mass is 9.86. The average molecular weight is 279 g/mol. The smallest absolute Gasteiger partial charge is 0.303 e. The van der Waals surface area contributed by atoms with Crippen LogP contribution < -0.4 is 0 Å². The second-order valence-electron chi connectivity index (χ2n) is 6.88. The highest BCUT2D eigenvalue weighted by Crippen LogP contribution is 2.51. The zero-order chi connectivity index (χ0) is 14.1. The van der Waals surface area contributed by atoms with Crippen molar-refractivity contribution >= 4 is 11.9 Å². The van der Waals surface area contributed by atoms with Gasteiger partial charge in [0.1, 0.15) is 0 Å². The Morgan fingerprint density at radius 3 is 2.65 bits per heavy atom. The number of fused-ring (bicyclic) bond motifs is 1. The summed E-state index contributed by atoms with van der Waals surface area (Å²) in [6, 6.07) is 0.171. The molecule has 112 valence electrons. The third-order valence-electron chi connectivity index (χ3n) is 5.49. The van der Waals surface area contributed by atoms with Crippen molar-refractivity contribution in [2.45, 2.75) is 63.8 Å². The quantitative estimate of drug-likeness (QED) is 0.860. The van der Waals surface area contributed by atoms with Crippen LogP contribution in [0.4, 0.5) is 0 Å². The number of likely N-dealkylation sites (tertiary alicyclic amines) is 1. The van der Waals surface area contributed by atoms with Gasteiger partial charge in [0.15, 0.2) is 0 Å². The second kappa shape index (κ2) is 5.74. The maximum absolute atomic E-state index is 12.8. The van der Waals surface area contributed by atoms with Gasteiger partial charge in [0, 0.05) is 24.9 Å². The number of carbonyl (C=O) groups is 2. The molecule has 0 aromatic carbocycles. The van der Waals surface area contributed by atoms with Crippen molar-refractivity contribution < 1.29 is 14.7 Å². The molecular weight excluding hydrogens is 254 g/mol. The van der Waals surface area contributed by atoms with Crippen LogP contribution in [0.15, 0.2) is 0 Å². The maximum Gasteiger partial charge on any atom is 0.303 e. The highest BCUT2D eigenvalue weighted by atomic mass is 16.4. The molecule has 2 aliphatic carbocycles. The van der Waals surface area contributed by atoms with E-state index < -0.39 is 5.97 Å². The van der Waals surface area contributed by atoms with E-state index in [1.165, 1.54) is 12.8 Å². The van der Waals surface area contributed by atoms with Gasteiger partial charge in [-0.25, -0.2) is 0 Å². The van der Waals surface area contributed by atoms with E-state index in [0.717, 1.165) is 50.5 Å². The van der Waals surface area contributed by atoms with E-state index in [1.54, 1.807) is 0 Å². The normalized spacial score (nSPS) is 36.3. The minimum absolute atomic E-state index is 0.171. The van der Waals surface area contributed by atoms with Crippen molar-refractivity contribution in [2.24, 2.45) is 17.8 Å².